The molecule has 0 bridgehead atoms. The molecule has 10 nitrogen and oxygen atoms in total. The summed E-state index contributed by atoms with van der Waals surface area (Å²) in [6, 6.07) is 3.28. The van der Waals surface area contributed by atoms with Gasteiger partial charge in [-0.3, -0.25) is 4.79 Å². The molecule has 1 aliphatic heterocycles. The lowest BCUT2D eigenvalue weighted by molar-refractivity contribution is -0.138. The van der Waals surface area contributed by atoms with Crippen LogP contribution >= 0.6 is 0 Å². The number of carbonyl (C=O) groups excluding carboxylic acids is 2. The van der Waals surface area contributed by atoms with Gasteiger partial charge in [0.05, 0.1) is 42.8 Å². The Balaban J connectivity index is 1.74. The fraction of sp³-hybridized carbons (Fsp3) is 0.583. The van der Waals surface area contributed by atoms with Crippen LogP contribution in [0.25, 0.3) is 0 Å². The van der Waals surface area contributed by atoms with Crippen LogP contribution in [0.2, 0.25) is 0 Å². The molecule has 0 unspecified atom stereocenters. The molecule has 3 atom stereocenters. The van der Waals surface area contributed by atoms with Crippen molar-refractivity contribution in [3.8, 4) is 0 Å². The van der Waals surface area contributed by atoms with E-state index >= 15 is 0 Å². The Morgan fingerprint density at radius 2 is 2.03 bits per heavy atom. The summed E-state index contributed by atoms with van der Waals surface area (Å²) in [7, 11) is 1.55. The maximum absolute atomic E-state index is 12.9. The van der Waals surface area contributed by atoms with Crippen LogP contribution in [-0.2, 0) is 28.9 Å². The SMILES string of the molecule is C[C@@H]1CN([C@@H](C)CO)C(=O)CCCn2nncc2CO[C@@H]1CN(C)C(=O)Nc1ccc(C(F)(F)F)cc1. The smallest absolute Gasteiger partial charge is 0.394 e. The number of carbonyl (C=O) groups is 2. The van der Waals surface area contributed by atoms with Crippen molar-refractivity contribution in [3.05, 3.63) is 41.7 Å². The summed E-state index contributed by atoms with van der Waals surface area (Å²) in [5.41, 5.74) is 0.155. The molecule has 2 heterocycles. The summed E-state index contributed by atoms with van der Waals surface area (Å²) in [6.45, 7) is 4.62. The van der Waals surface area contributed by atoms with Crippen LogP contribution in [-0.4, -0.2) is 80.7 Å². The zero-order valence-corrected chi connectivity index (χ0v) is 21.1. The highest BCUT2D eigenvalue weighted by Crippen LogP contribution is 2.30. The Kier molecular flexibility index (Phi) is 9.49. The van der Waals surface area contributed by atoms with Gasteiger partial charge in [0.15, 0.2) is 0 Å². The lowest BCUT2D eigenvalue weighted by Crippen LogP contribution is -2.48. The van der Waals surface area contributed by atoms with Gasteiger partial charge in [0.2, 0.25) is 5.91 Å². The Morgan fingerprint density at radius 3 is 2.68 bits per heavy atom. The van der Waals surface area contributed by atoms with Crippen LogP contribution in [0.15, 0.2) is 30.5 Å². The topological polar surface area (TPSA) is 113 Å². The van der Waals surface area contributed by atoms with Gasteiger partial charge in [-0.1, -0.05) is 12.1 Å². The number of aromatic nitrogens is 3. The molecule has 13 heteroatoms. The van der Waals surface area contributed by atoms with Crippen molar-refractivity contribution in [2.75, 3.05) is 32.1 Å². The molecule has 3 amide bonds. The number of fused-ring (bicyclic) bond motifs is 1. The van der Waals surface area contributed by atoms with Crippen molar-refractivity contribution in [1.82, 2.24) is 24.8 Å². The number of hydrogen-bond acceptors (Lipinski definition) is 6. The van der Waals surface area contributed by atoms with Gasteiger partial charge < -0.3 is 25.0 Å². The number of amides is 3. The van der Waals surface area contributed by atoms with Crippen molar-refractivity contribution < 1.29 is 32.6 Å². The van der Waals surface area contributed by atoms with Crippen LogP contribution in [0, 0.1) is 5.92 Å². The Labute approximate surface area is 213 Å². The molecule has 0 saturated heterocycles. The van der Waals surface area contributed by atoms with E-state index in [1.807, 2.05) is 6.92 Å². The first-order chi connectivity index (χ1) is 17.5. The molecule has 0 radical (unpaired) electrons. The van der Waals surface area contributed by atoms with Crippen molar-refractivity contribution >= 4 is 17.6 Å². The minimum Gasteiger partial charge on any atom is -0.394 e. The van der Waals surface area contributed by atoms with Gasteiger partial charge in [0, 0.05) is 44.7 Å². The van der Waals surface area contributed by atoms with Gasteiger partial charge >= 0.3 is 12.2 Å². The second kappa shape index (κ2) is 12.4. The first-order valence-corrected chi connectivity index (χ1v) is 12.1. The molecule has 1 aromatic heterocycles. The number of nitrogens with zero attached hydrogens (tertiary/aromatic N) is 5. The molecule has 1 aliphatic rings. The van der Waals surface area contributed by atoms with Crippen molar-refractivity contribution in [2.45, 2.75) is 58.2 Å². The number of halogens is 3. The summed E-state index contributed by atoms with van der Waals surface area (Å²) in [4.78, 5) is 28.7. The summed E-state index contributed by atoms with van der Waals surface area (Å²) in [5.74, 6) is -0.314. The predicted molar refractivity (Wildman–Crippen MR) is 128 cm³/mol. The Bertz CT molecular complexity index is 1050. The zero-order valence-electron chi connectivity index (χ0n) is 21.1. The number of alkyl halides is 3. The molecule has 204 valence electrons. The fourth-order valence-electron chi connectivity index (χ4n) is 4.06. The molecule has 2 N–H and O–H groups in total. The lowest BCUT2D eigenvalue weighted by Gasteiger charge is -2.35. The average molecular weight is 527 g/mol. The molecule has 0 fully saturated rings. The Morgan fingerprint density at radius 1 is 1.32 bits per heavy atom. The summed E-state index contributed by atoms with van der Waals surface area (Å²) >= 11 is 0. The second-order valence-corrected chi connectivity index (χ2v) is 9.34. The van der Waals surface area contributed by atoms with E-state index in [9.17, 15) is 27.9 Å². The largest absolute Gasteiger partial charge is 0.416 e. The maximum Gasteiger partial charge on any atom is 0.416 e. The summed E-state index contributed by atoms with van der Waals surface area (Å²) < 4.78 is 46.3. The van der Waals surface area contributed by atoms with E-state index in [0.29, 0.717) is 19.5 Å². The minimum absolute atomic E-state index is 0.0946. The van der Waals surface area contributed by atoms with Crippen molar-refractivity contribution in [3.63, 3.8) is 0 Å². The molecular formula is C24H33F3N6O4. The monoisotopic (exact) mass is 526 g/mol. The predicted octanol–water partition coefficient (Wildman–Crippen LogP) is 2.99. The van der Waals surface area contributed by atoms with E-state index < -0.39 is 23.9 Å². The molecule has 0 aliphatic carbocycles. The minimum atomic E-state index is -4.46. The highest BCUT2D eigenvalue weighted by atomic mass is 19.4. The van der Waals surface area contributed by atoms with E-state index in [0.717, 1.165) is 17.8 Å². The highest BCUT2D eigenvalue weighted by Gasteiger charge is 2.31. The number of likely N-dealkylation sites (N-methyl/N-ethyl adjacent to an activating group) is 1. The standard InChI is InChI=1S/C24H33F3N6O4/c1-16-12-32(17(2)14-34)22(35)5-4-10-33-20(11-28-30-33)15-37-21(16)13-31(3)23(36)29-19-8-6-18(7-9-19)24(25,26)27/h6-9,11,16-17,21,34H,4-5,10,12-15H2,1-3H3,(H,29,36)/t16-,17+,21-/m1/s1. The average Bonchev–Trinajstić information content (AvgIpc) is 3.30. The lowest BCUT2D eigenvalue weighted by atomic mass is 10.0. The number of aliphatic hydroxyl groups excluding tert-OH is 1. The van der Waals surface area contributed by atoms with Crippen molar-refractivity contribution in [2.24, 2.45) is 5.92 Å². The third-order valence-corrected chi connectivity index (χ3v) is 6.40. The van der Waals surface area contributed by atoms with E-state index in [1.165, 1.54) is 17.0 Å². The van der Waals surface area contributed by atoms with Gasteiger partial charge in [-0.05, 0) is 37.6 Å². The molecule has 0 spiro atoms. The Hall–Kier alpha value is -3.19. The highest BCUT2D eigenvalue weighted by molar-refractivity contribution is 5.89. The number of rotatable bonds is 5. The third-order valence-electron chi connectivity index (χ3n) is 6.40. The number of urea groups is 1. The normalized spacial score (nSPS) is 20.4. The quantitative estimate of drug-likeness (QED) is 0.620. The summed E-state index contributed by atoms with van der Waals surface area (Å²) in [5, 5.41) is 20.3. The van der Waals surface area contributed by atoms with Gasteiger partial charge in [0.25, 0.3) is 0 Å². The number of hydrogen-bond donors (Lipinski definition) is 2. The van der Waals surface area contributed by atoms with Crippen LogP contribution in [0.5, 0.6) is 0 Å². The van der Waals surface area contributed by atoms with Crippen LogP contribution in [0.1, 0.15) is 37.9 Å². The van der Waals surface area contributed by atoms with Gasteiger partial charge in [-0.15, -0.1) is 5.10 Å². The number of aryl methyl sites for hydroxylation is 1. The number of nitrogens with one attached hydrogen (secondary N) is 1. The second-order valence-electron chi connectivity index (χ2n) is 9.34. The van der Waals surface area contributed by atoms with E-state index in [-0.39, 0.29) is 49.7 Å². The first-order valence-electron chi connectivity index (χ1n) is 12.1. The molecule has 0 saturated carbocycles. The molecule has 2 aromatic rings. The van der Waals surface area contributed by atoms with E-state index in [2.05, 4.69) is 15.6 Å². The van der Waals surface area contributed by atoms with Gasteiger partial charge in [-0.25, -0.2) is 9.48 Å². The number of aliphatic hydroxyl groups is 1. The third kappa shape index (κ3) is 7.65. The summed E-state index contributed by atoms with van der Waals surface area (Å²) in [6.07, 6.45) is -2.52. The number of benzene rings is 1. The van der Waals surface area contributed by atoms with Gasteiger partial charge in [-0.2, -0.15) is 13.2 Å². The maximum atomic E-state index is 12.9. The molecule has 1 aromatic carbocycles. The van der Waals surface area contributed by atoms with Crippen molar-refractivity contribution in [1.29, 1.82) is 0 Å². The molecular weight excluding hydrogens is 493 g/mol. The van der Waals surface area contributed by atoms with Gasteiger partial charge in [0.1, 0.15) is 0 Å². The van der Waals surface area contributed by atoms with E-state index in [1.54, 1.807) is 29.7 Å². The van der Waals surface area contributed by atoms with Crippen LogP contribution in [0.4, 0.5) is 23.7 Å². The zero-order chi connectivity index (χ0) is 27.2. The molecule has 3 rings (SSSR count). The number of anilines is 1. The van der Waals surface area contributed by atoms with Crippen LogP contribution in [0.3, 0.4) is 0 Å². The van der Waals surface area contributed by atoms with Crippen LogP contribution < -0.4 is 5.32 Å². The first kappa shape index (κ1) is 28.4. The molecule has 37 heavy (non-hydrogen) atoms. The fourth-order valence-corrected chi connectivity index (χ4v) is 4.06. The van der Waals surface area contributed by atoms with E-state index in [4.69, 9.17) is 4.74 Å². The number of ether oxygens (including phenoxy) is 1.